The minimum atomic E-state index is -0.771. The Morgan fingerprint density at radius 2 is 1.95 bits per heavy atom. The number of hydrogen-bond donors (Lipinski definition) is 1. The lowest BCUT2D eigenvalue weighted by Crippen LogP contribution is -2.09. The summed E-state index contributed by atoms with van der Waals surface area (Å²) in [6.07, 6.45) is -0.771. The molecule has 0 aliphatic heterocycles. The predicted molar refractivity (Wildman–Crippen MR) is 76.5 cm³/mol. The molecule has 0 amide bonds. The van der Waals surface area contributed by atoms with E-state index in [0.29, 0.717) is 5.75 Å². The fourth-order valence-electron chi connectivity index (χ4n) is 1.85. The summed E-state index contributed by atoms with van der Waals surface area (Å²) < 4.78 is 10.4. The van der Waals surface area contributed by atoms with Crippen molar-refractivity contribution in [1.29, 1.82) is 0 Å². The van der Waals surface area contributed by atoms with Gasteiger partial charge in [-0.25, -0.2) is 0 Å². The number of nitro groups is 1. The molecule has 6 nitrogen and oxygen atoms in total. The van der Waals surface area contributed by atoms with Crippen LogP contribution >= 0.6 is 0 Å². The van der Waals surface area contributed by atoms with Crippen LogP contribution in [0.2, 0.25) is 0 Å². The Morgan fingerprint density at radius 3 is 2.57 bits per heavy atom. The van der Waals surface area contributed by atoms with Crippen LogP contribution in [0.4, 0.5) is 5.69 Å². The van der Waals surface area contributed by atoms with E-state index in [1.165, 1.54) is 25.3 Å². The average molecular weight is 289 g/mol. The highest BCUT2D eigenvalue weighted by Gasteiger charge is 2.16. The number of aliphatic hydroxyl groups excluding tert-OH is 1. The van der Waals surface area contributed by atoms with Gasteiger partial charge in [0.2, 0.25) is 5.75 Å². The maximum atomic E-state index is 10.8. The second kappa shape index (κ2) is 6.71. The SMILES string of the molecule is COc1cc(OC[C@@H](O)c2ccccc2)ccc1[N+](=O)[O-]. The van der Waals surface area contributed by atoms with Crippen LogP contribution in [0.1, 0.15) is 11.7 Å². The highest BCUT2D eigenvalue weighted by atomic mass is 16.6. The van der Waals surface area contributed by atoms with E-state index in [1.54, 1.807) is 12.1 Å². The van der Waals surface area contributed by atoms with Crippen LogP contribution in [0.5, 0.6) is 11.5 Å². The first-order valence-electron chi connectivity index (χ1n) is 6.30. The Hall–Kier alpha value is -2.60. The summed E-state index contributed by atoms with van der Waals surface area (Å²) >= 11 is 0. The van der Waals surface area contributed by atoms with Crippen LogP contribution in [-0.4, -0.2) is 23.7 Å². The van der Waals surface area contributed by atoms with Crippen molar-refractivity contribution in [1.82, 2.24) is 0 Å². The Labute approximate surface area is 121 Å². The molecule has 1 atom stereocenters. The van der Waals surface area contributed by atoms with Crippen molar-refractivity contribution >= 4 is 5.69 Å². The summed E-state index contributed by atoms with van der Waals surface area (Å²) in [5.41, 5.74) is 0.611. The zero-order chi connectivity index (χ0) is 15.2. The lowest BCUT2D eigenvalue weighted by Gasteiger charge is -2.13. The molecule has 0 aliphatic rings. The first kappa shape index (κ1) is 14.8. The molecule has 21 heavy (non-hydrogen) atoms. The monoisotopic (exact) mass is 289 g/mol. The molecule has 0 saturated heterocycles. The third kappa shape index (κ3) is 3.70. The molecule has 0 heterocycles. The Kier molecular flexibility index (Phi) is 4.73. The largest absolute Gasteiger partial charge is 0.490 e. The van der Waals surface area contributed by atoms with Crippen LogP contribution in [0, 0.1) is 10.1 Å². The third-order valence-corrected chi connectivity index (χ3v) is 2.94. The number of benzene rings is 2. The quantitative estimate of drug-likeness (QED) is 0.653. The van der Waals surface area contributed by atoms with Gasteiger partial charge in [0.1, 0.15) is 18.5 Å². The van der Waals surface area contributed by atoms with Gasteiger partial charge in [-0.2, -0.15) is 0 Å². The minimum absolute atomic E-state index is 0.0466. The second-order valence-electron chi connectivity index (χ2n) is 4.33. The topological polar surface area (TPSA) is 81.8 Å². The lowest BCUT2D eigenvalue weighted by atomic mass is 10.1. The summed E-state index contributed by atoms with van der Waals surface area (Å²) in [7, 11) is 1.35. The van der Waals surface area contributed by atoms with Gasteiger partial charge in [0.25, 0.3) is 0 Å². The fourth-order valence-corrected chi connectivity index (χ4v) is 1.85. The van der Waals surface area contributed by atoms with Crippen molar-refractivity contribution < 1.29 is 19.5 Å². The molecule has 0 spiro atoms. The number of ether oxygens (including phenoxy) is 2. The number of nitro benzene ring substituents is 1. The summed E-state index contributed by atoms with van der Waals surface area (Å²) in [5, 5.41) is 20.8. The maximum Gasteiger partial charge on any atom is 0.311 e. The molecule has 6 heteroatoms. The van der Waals surface area contributed by atoms with E-state index in [9.17, 15) is 15.2 Å². The van der Waals surface area contributed by atoms with E-state index in [2.05, 4.69) is 0 Å². The molecule has 1 N–H and O–H groups in total. The van der Waals surface area contributed by atoms with E-state index >= 15 is 0 Å². The molecule has 2 aromatic rings. The summed E-state index contributed by atoms with van der Waals surface area (Å²) in [4.78, 5) is 10.3. The normalized spacial score (nSPS) is 11.7. The van der Waals surface area contributed by atoms with Crippen molar-refractivity contribution in [3.8, 4) is 11.5 Å². The summed E-state index contributed by atoms with van der Waals surface area (Å²) in [6, 6.07) is 13.3. The van der Waals surface area contributed by atoms with Gasteiger partial charge in [0, 0.05) is 12.1 Å². The van der Waals surface area contributed by atoms with E-state index in [0.717, 1.165) is 5.56 Å². The average Bonchev–Trinajstić information content (AvgIpc) is 2.52. The smallest absolute Gasteiger partial charge is 0.311 e. The molecular formula is C15H15NO5. The van der Waals surface area contributed by atoms with Gasteiger partial charge in [-0.15, -0.1) is 0 Å². The van der Waals surface area contributed by atoms with E-state index in [1.807, 2.05) is 18.2 Å². The van der Waals surface area contributed by atoms with Crippen LogP contribution in [0.15, 0.2) is 48.5 Å². The maximum absolute atomic E-state index is 10.8. The third-order valence-electron chi connectivity index (χ3n) is 2.94. The van der Waals surface area contributed by atoms with Gasteiger partial charge < -0.3 is 14.6 Å². The van der Waals surface area contributed by atoms with Gasteiger partial charge in [-0.05, 0) is 11.6 Å². The number of aliphatic hydroxyl groups is 1. The minimum Gasteiger partial charge on any atom is -0.490 e. The molecule has 2 rings (SSSR count). The second-order valence-corrected chi connectivity index (χ2v) is 4.33. The molecular weight excluding hydrogens is 274 g/mol. The summed E-state index contributed by atoms with van der Waals surface area (Å²) in [5.74, 6) is 0.513. The van der Waals surface area contributed by atoms with Gasteiger partial charge in [0.15, 0.2) is 0 Å². The van der Waals surface area contributed by atoms with Crippen molar-refractivity contribution in [2.45, 2.75) is 6.10 Å². The molecule has 0 saturated carbocycles. The van der Waals surface area contributed by atoms with Gasteiger partial charge >= 0.3 is 5.69 Å². The molecule has 2 aromatic carbocycles. The van der Waals surface area contributed by atoms with E-state index in [4.69, 9.17) is 9.47 Å². The Morgan fingerprint density at radius 1 is 1.24 bits per heavy atom. The highest BCUT2D eigenvalue weighted by molar-refractivity contribution is 5.50. The molecule has 0 radical (unpaired) electrons. The van der Waals surface area contributed by atoms with Crippen molar-refractivity contribution in [3.05, 3.63) is 64.2 Å². The van der Waals surface area contributed by atoms with Crippen LogP contribution < -0.4 is 9.47 Å². The molecule has 110 valence electrons. The van der Waals surface area contributed by atoms with Gasteiger partial charge in [-0.3, -0.25) is 10.1 Å². The van der Waals surface area contributed by atoms with Gasteiger partial charge in [-0.1, -0.05) is 30.3 Å². The van der Waals surface area contributed by atoms with E-state index < -0.39 is 11.0 Å². The zero-order valence-corrected chi connectivity index (χ0v) is 11.4. The predicted octanol–water partition coefficient (Wildman–Crippen LogP) is 2.72. The Bertz CT molecular complexity index is 615. The lowest BCUT2D eigenvalue weighted by molar-refractivity contribution is -0.385. The fraction of sp³-hybridized carbons (Fsp3) is 0.200. The summed E-state index contributed by atoms with van der Waals surface area (Å²) in [6.45, 7) is 0.0466. The molecule has 0 unspecified atom stereocenters. The molecule has 0 fully saturated rings. The number of methoxy groups -OCH3 is 1. The van der Waals surface area contributed by atoms with Crippen LogP contribution in [-0.2, 0) is 0 Å². The highest BCUT2D eigenvalue weighted by Crippen LogP contribution is 2.31. The number of nitrogens with zero attached hydrogens (tertiary/aromatic N) is 1. The first-order valence-corrected chi connectivity index (χ1v) is 6.30. The molecule has 0 aromatic heterocycles. The number of hydrogen-bond acceptors (Lipinski definition) is 5. The van der Waals surface area contributed by atoms with Crippen LogP contribution in [0.3, 0.4) is 0 Å². The Balaban J connectivity index is 2.05. The molecule has 0 aliphatic carbocycles. The first-order chi connectivity index (χ1) is 10.1. The van der Waals surface area contributed by atoms with Crippen LogP contribution in [0.25, 0.3) is 0 Å². The van der Waals surface area contributed by atoms with Crippen molar-refractivity contribution in [3.63, 3.8) is 0 Å². The number of rotatable bonds is 6. The van der Waals surface area contributed by atoms with E-state index in [-0.39, 0.29) is 18.0 Å². The van der Waals surface area contributed by atoms with Crippen molar-refractivity contribution in [2.75, 3.05) is 13.7 Å². The van der Waals surface area contributed by atoms with Gasteiger partial charge in [0.05, 0.1) is 12.0 Å². The standard InChI is InChI=1S/C15H15NO5/c1-20-15-9-12(7-8-13(15)16(18)19)21-10-14(17)11-5-3-2-4-6-11/h2-9,14,17H,10H2,1H3/t14-/m1/s1. The zero-order valence-electron chi connectivity index (χ0n) is 11.4. The molecule has 0 bridgehead atoms. The van der Waals surface area contributed by atoms with Crippen molar-refractivity contribution in [2.24, 2.45) is 0 Å².